The van der Waals surface area contributed by atoms with E-state index in [9.17, 15) is 9.90 Å². The van der Waals surface area contributed by atoms with Crippen molar-refractivity contribution in [3.05, 3.63) is 24.3 Å². The van der Waals surface area contributed by atoms with Gasteiger partial charge in [0.25, 0.3) is 0 Å². The number of hydrogen-bond donors (Lipinski definition) is 1. The number of ether oxygens (including phenoxy) is 1. The number of esters is 1. The molecule has 0 aliphatic rings. The predicted molar refractivity (Wildman–Crippen MR) is 88.7 cm³/mol. The second kappa shape index (κ2) is 10.8. The normalized spacial score (nSPS) is 13.9. The molecule has 1 N–H and O–H groups in total. The zero-order valence-electron chi connectivity index (χ0n) is 13.9. The molecule has 0 aromatic carbocycles. The Balaban J connectivity index is 4.64. The molecule has 0 heterocycles. The van der Waals surface area contributed by atoms with Crippen LogP contribution in [-0.2, 0) is 14.0 Å². The maximum absolute atomic E-state index is 11.6. The molecule has 0 fully saturated rings. The molecule has 0 spiro atoms. The Kier molecular flexibility index (Phi) is 10.3. The van der Waals surface area contributed by atoms with Gasteiger partial charge in [-0.15, -0.1) is 0 Å². The summed E-state index contributed by atoms with van der Waals surface area (Å²) in [6.07, 6.45) is 2.52. The molecule has 0 aliphatic carbocycles. The van der Waals surface area contributed by atoms with E-state index in [2.05, 4.69) is 27.4 Å². The van der Waals surface area contributed by atoms with Crippen molar-refractivity contribution in [3.63, 3.8) is 0 Å². The average Bonchev–Trinajstić information content (AvgIpc) is 2.50. The van der Waals surface area contributed by atoms with Crippen molar-refractivity contribution < 1.29 is 19.1 Å². The summed E-state index contributed by atoms with van der Waals surface area (Å²) in [4.78, 5) is 11.6. The molecule has 0 saturated heterocycles. The second-order valence-electron chi connectivity index (χ2n) is 4.97. The van der Waals surface area contributed by atoms with Crippen LogP contribution in [0.1, 0.15) is 34.1 Å². The molecular weight excluding hydrogens is 284 g/mol. The van der Waals surface area contributed by atoms with Crippen LogP contribution in [0.5, 0.6) is 0 Å². The van der Waals surface area contributed by atoms with E-state index in [0.717, 1.165) is 18.1 Å². The second-order valence-corrected chi connectivity index (χ2v) is 9.75. The average molecular weight is 314 g/mol. The molecule has 0 unspecified atom stereocenters. The highest BCUT2D eigenvalue weighted by Crippen LogP contribution is 2.22. The van der Waals surface area contributed by atoms with Crippen molar-refractivity contribution in [2.75, 3.05) is 13.2 Å². The number of carbonyl (C=O) groups is 1. The Morgan fingerprint density at radius 2 is 1.81 bits per heavy atom. The van der Waals surface area contributed by atoms with E-state index in [0.29, 0.717) is 18.6 Å². The van der Waals surface area contributed by atoms with Gasteiger partial charge in [-0.2, -0.15) is 0 Å². The molecule has 4 nitrogen and oxygen atoms in total. The maximum Gasteiger partial charge on any atom is 0.339 e. The van der Waals surface area contributed by atoms with Crippen LogP contribution >= 0.6 is 0 Å². The Morgan fingerprint density at radius 1 is 1.24 bits per heavy atom. The Hall–Kier alpha value is -0.913. The Bertz CT molecular complexity index is 340. The van der Waals surface area contributed by atoms with Gasteiger partial charge in [0.05, 0.1) is 6.61 Å². The van der Waals surface area contributed by atoms with Crippen molar-refractivity contribution in [2.24, 2.45) is 0 Å². The summed E-state index contributed by atoms with van der Waals surface area (Å²) >= 11 is 0. The zero-order chi connectivity index (χ0) is 16.3. The van der Waals surface area contributed by atoms with Gasteiger partial charge in [0.15, 0.2) is 14.4 Å². The molecule has 0 aromatic heterocycles. The first-order valence-electron chi connectivity index (χ1n) is 7.80. The highest BCUT2D eigenvalue weighted by atomic mass is 28.4. The van der Waals surface area contributed by atoms with Crippen LogP contribution in [0.25, 0.3) is 0 Å². The van der Waals surface area contributed by atoms with Crippen LogP contribution in [0.3, 0.4) is 0 Å². The first kappa shape index (κ1) is 20.1. The number of allylic oxidation sites excluding steroid dienone is 2. The third-order valence-electron chi connectivity index (χ3n) is 3.93. The molecule has 0 amide bonds. The molecule has 0 aliphatic heterocycles. The summed E-state index contributed by atoms with van der Waals surface area (Å²) < 4.78 is 11.0. The van der Waals surface area contributed by atoms with Gasteiger partial charge in [-0.25, -0.2) is 4.79 Å². The molecule has 0 rings (SSSR count). The molecule has 122 valence electrons. The Labute approximate surface area is 130 Å². The fraction of sp³-hybridized carbons (Fsp3) is 0.688. The van der Waals surface area contributed by atoms with Crippen molar-refractivity contribution in [3.8, 4) is 0 Å². The van der Waals surface area contributed by atoms with Gasteiger partial charge in [0, 0.05) is 6.61 Å². The third kappa shape index (κ3) is 6.59. The smallest absolute Gasteiger partial charge is 0.339 e. The summed E-state index contributed by atoms with van der Waals surface area (Å²) in [5.74, 6) is -0.615. The third-order valence-corrected chi connectivity index (χ3v) is 8.61. The minimum atomic E-state index is -1.64. The summed E-state index contributed by atoms with van der Waals surface area (Å²) in [5.41, 5.74) is 0.592. The lowest BCUT2D eigenvalue weighted by molar-refractivity contribution is -0.151. The van der Waals surface area contributed by atoms with Gasteiger partial charge in [0.2, 0.25) is 0 Å². The van der Waals surface area contributed by atoms with Gasteiger partial charge < -0.3 is 14.3 Å². The van der Waals surface area contributed by atoms with E-state index >= 15 is 0 Å². The fourth-order valence-corrected chi connectivity index (χ4v) is 4.92. The minimum absolute atomic E-state index is 0.255. The molecule has 0 aromatic rings. The van der Waals surface area contributed by atoms with E-state index in [1.807, 2.05) is 0 Å². The van der Waals surface area contributed by atoms with E-state index in [4.69, 9.17) is 9.16 Å². The molecule has 0 radical (unpaired) electrons. The van der Waals surface area contributed by atoms with Crippen LogP contribution in [0.15, 0.2) is 24.3 Å². The Morgan fingerprint density at radius 3 is 2.24 bits per heavy atom. The molecule has 1 atom stereocenters. The van der Waals surface area contributed by atoms with Crippen molar-refractivity contribution in [1.29, 1.82) is 0 Å². The van der Waals surface area contributed by atoms with Gasteiger partial charge >= 0.3 is 5.97 Å². The standard InChI is InChI=1S/C16H30O4Si/c1-6-11-14(15(17)16(18)19-7-2)12-13-20-21(8-3,9-4)10-5/h6,11,15,17H,1,7-10,12-13H2,2-5H3/b14-11-/t15-/m0/s1. The first-order valence-corrected chi connectivity index (χ1v) is 10.3. The fourth-order valence-electron chi connectivity index (χ4n) is 2.28. The molecular formula is C16H30O4Si. The van der Waals surface area contributed by atoms with E-state index in [1.54, 1.807) is 19.1 Å². The lowest BCUT2D eigenvalue weighted by atomic mass is 10.1. The zero-order valence-corrected chi connectivity index (χ0v) is 14.9. The largest absolute Gasteiger partial charge is 0.464 e. The van der Waals surface area contributed by atoms with Crippen molar-refractivity contribution in [2.45, 2.75) is 58.4 Å². The molecule has 0 bridgehead atoms. The van der Waals surface area contributed by atoms with E-state index in [1.165, 1.54) is 0 Å². The SMILES string of the molecule is C=C/C=C(/CCO[Si](CC)(CC)CC)[C@H](O)C(=O)OCC. The number of carbonyl (C=O) groups excluding carboxylic acids is 1. The lowest BCUT2D eigenvalue weighted by Crippen LogP contribution is -2.36. The first-order chi connectivity index (χ1) is 10.00. The van der Waals surface area contributed by atoms with Crippen molar-refractivity contribution in [1.82, 2.24) is 0 Å². The highest BCUT2D eigenvalue weighted by Gasteiger charge is 2.29. The number of aliphatic hydroxyl groups is 1. The van der Waals surface area contributed by atoms with Gasteiger partial charge in [-0.3, -0.25) is 0 Å². The summed E-state index contributed by atoms with van der Waals surface area (Å²) in [6, 6.07) is 3.25. The summed E-state index contributed by atoms with van der Waals surface area (Å²) in [5, 5.41) is 10.0. The van der Waals surface area contributed by atoms with Gasteiger partial charge in [-0.1, -0.05) is 39.5 Å². The van der Waals surface area contributed by atoms with Gasteiger partial charge in [0.1, 0.15) is 0 Å². The quantitative estimate of drug-likeness (QED) is 0.360. The van der Waals surface area contributed by atoms with E-state index in [-0.39, 0.29) is 6.61 Å². The van der Waals surface area contributed by atoms with Crippen molar-refractivity contribution >= 4 is 14.3 Å². The van der Waals surface area contributed by atoms with Crippen LogP contribution in [0.2, 0.25) is 18.1 Å². The van der Waals surface area contributed by atoms with E-state index < -0.39 is 20.4 Å². The number of rotatable bonds is 11. The molecule has 0 saturated carbocycles. The van der Waals surface area contributed by atoms with Crippen LogP contribution < -0.4 is 0 Å². The maximum atomic E-state index is 11.6. The van der Waals surface area contributed by atoms with Crippen LogP contribution in [-0.4, -0.2) is 38.7 Å². The van der Waals surface area contributed by atoms with Crippen LogP contribution in [0.4, 0.5) is 0 Å². The van der Waals surface area contributed by atoms with Crippen LogP contribution in [0, 0.1) is 0 Å². The number of aliphatic hydroxyl groups excluding tert-OH is 1. The minimum Gasteiger partial charge on any atom is -0.464 e. The molecule has 21 heavy (non-hydrogen) atoms. The predicted octanol–water partition coefficient (Wildman–Crippen LogP) is 3.43. The van der Waals surface area contributed by atoms with Gasteiger partial charge in [-0.05, 0) is 37.0 Å². The highest BCUT2D eigenvalue weighted by molar-refractivity contribution is 6.73. The molecule has 5 heteroatoms. The number of hydrogen-bond acceptors (Lipinski definition) is 4. The topological polar surface area (TPSA) is 55.8 Å². The monoisotopic (exact) mass is 314 g/mol. The summed E-state index contributed by atoms with van der Waals surface area (Å²) in [6.45, 7) is 12.6. The lowest BCUT2D eigenvalue weighted by Gasteiger charge is -2.28. The summed E-state index contributed by atoms with van der Waals surface area (Å²) in [7, 11) is -1.64.